The maximum atomic E-state index is 13.5. The second-order valence-corrected chi connectivity index (χ2v) is 4.13. The molecule has 0 aliphatic carbocycles. The van der Waals surface area contributed by atoms with Crippen molar-refractivity contribution in [3.05, 3.63) is 47.8 Å². The maximum Gasteiger partial charge on any atom is 0.137 e. The number of hydrogen-bond donors (Lipinski definition) is 0. The minimum Gasteiger partial charge on any atom is -0.253 e. The number of aryl methyl sites for hydroxylation is 1. The first-order valence-corrected chi connectivity index (χ1v) is 5.54. The zero-order valence-electron chi connectivity index (χ0n) is 9.78. The summed E-state index contributed by atoms with van der Waals surface area (Å²) in [5.74, 6) is -2.97. The highest BCUT2D eigenvalue weighted by atomic mass is 19.1. The number of benzene rings is 1. The molecule has 1 aromatic carbocycles. The first kappa shape index (κ1) is 12.6. The normalized spacial score (nSPS) is 12.7. The van der Waals surface area contributed by atoms with E-state index < -0.39 is 17.5 Å². The zero-order chi connectivity index (χ0) is 13.1. The standard InChI is InChI=1S/C12H12F3N3/c1-8(2-3-18-7-16-6-17-18)12-10(14)4-9(13)5-11(12)15/h4-8H,2-3H2,1H3. The molecule has 1 aromatic heterocycles. The van der Waals surface area contributed by atoms with Crippen LogP contribution in [-0.4, -0.2) is 14.8 Å². The van der Waals surface area contributed by atoms with Gasteiger partial charge in [-0.05, 0) is 12.3 Å². The first-order valence-electron chi connectivity index (χ1n) is 5.54. The van der Waals surface area contributed by atoms with Gasteiger partial charge in [0, 0.05) is 24.2 Å². The third-order valence-corrected chi connectivity index (χ3v) is 2.79. The van der Waals surface area contributed by atoms with Gasteiger partial charge in [-0.2, -0.15) is 5.10 Å². The number of rotatable bonds is 4. The number of nitrogens with zero attached hydrogens (tertiary/aromatic N) is 3. The Morgan fingerprint density at radius 2 is 1.89 bits per heavy atom. The van der Waals surface area contributed by atoms with Crippen molar-refractivity contribution in [1.29, 1.82) is 0 Å². The number of halogens is 3. The van der Waals surface area contributed by atoms with Gasteiger partial charge in [-0.25, -0.2) is 18.2 Å². The summed E-state index contributed by atoms with van der Waals surface area (Å²) >= 11 is 0. The van der Waals surface area contributed by atoms with Gasteiger partial charge < -0.3 is 0 Å². The van der Waals surface area contributed by atoms with Gasteiger partial charge in [0.05, 0.1) is 0 Å². The lowest BCUT2D eigenvalue weighted by molar-refractivity contribution is 0.474. The Kier molecular flexibility index (Phi) is 3.64. The lowest BCUT2D eigenvalue weighted by Gasteiger charge is -2.13. The lowest BCUT2D eigenvalue weighted by Crippen LogP contribution is -2.07. The summed E-state index contributed by atoms with van der Waals surface area (Å²) in [7, 11) is 0. The predicted molar refractivity (Wildman–Crippen MR) is 59.4 cm³/mol. The first-order chi connectivity index (χ1) is 8.58. The van der Waals surface area contributed by atoms with E-state index in [-0.39, 0.29) is 11.5 Å². The van der Waals surface area contributed by atoms with E-state index >= 15 is 0 Å². The molecule has 1 atom stereocenters. The highest BCUT2D eigenvalue weighted by Crippen LogP contribution is 2.26. The molecule has 0 saturated carbocycles. The van der Waals surface area contributed by atoms with Gasteiger partial charge in [0.1, 0.15) is 30.1 Å². The molecule has 0 radical (unpaired) electrons. The van der Waals surface area contributed by atoms with Gasteiger partial charge in [0.15, 0.2) is 0 Å². The maximum absolute atomic E-state index is 13.5. The van der Waals surface area contributed by atoms with Gasteiger partial charge >= 0.3 is 0 Å². The van der Waals surface area contributed by atoms with Gasteiger partial charge in [-0.3, -0.25) is 4.68 Å². The van der Waals surface area contributed by atoms with E-state index in [1.807, 2.05) is 0 Å². The Morgan fingerprint density at radius 3 is 2.44 bits per heavy atom. The quantitative estimate of drug-likeness (QED) is 0.841. The minimum absolute atomic E-state index is 0.0866. The summed E-state index contributed by atoms with van der Waals surface area (Å²) < 4.78 is 41.4. The Hall–Kier alpha value is -1.85. The molecular weight excluding hydrogens is 243 g/mol. The summed E-state index contributed by atoms with van der Waals surface area (Å²) in [6.07, 6.45) is 3.41. The van der Waals surface area contributed by atoms with Crippen LogP contribution < -0.4 is 0 Å². The second-order valence-electron chi connectivity index (χ2n) is 4.13. The Labute approximate surface area is 102 Å². The molecule has 1 unspecified atom stereocenters. The van der Waals surface area contributed by atoms with Crippen molar-refractivity contribution in [2.45, 2.75) is 25.8 Å². The van der Waals surface area contributed by atoms with E-state index in [0.29, 0.717) is 25.1 Å². The van der Waals surface area contributed by atoms with Crippen LogP contribution >= 0.6 is 0 Å². The molecule has 3 nitrogen and oxygen atoms in total. The van der Waals surface area contributed by atoms with Crippen molar-refractivity contribution in [1.82, 2.24) is 14.8 Å². The van der Waals surface area contributed by atoms with E-state index in [9.17, 15) is 13.2 Å². The summed E-state index contributed by atoms with van der Waals surface area (Å²) in [6, 6.07) is 1.40. The molecule has 0 fully saturated rings. The minimum atomic E-state index is -0.905. The molecule has 2 rings (SSSR count). The molecule has 0 saturated heterocycles. The molecule has 0 spiro atoms. The number of aromatic nitrogens is 3. The summed E-state index contributed by atoms with van der Waals surface area (Å²) in [5, 5.41) is 3.90. The van der Waals surface area contributed by atoms with Crippen molar-refractivity contribution in [2.24, 2.45) is 0 Å². The second kappa shape index (κ2) is 5.20. The van der Waals surface area contributed by atoms with Crippen LogP contribution in [0.1, 0.15) is 24.8 Å². The summed E-state index contributed by atoms with van der Waals surface area (Å²) in [4.78, 5) is 3.77. The van der Waals surface area contributed by atoms with Crippen molar-refractivity contribution >= 4 is 0 Å². The van der Waals surface area contributed by atoms with Crippen LogP contribution in [0.2, 0.25) is 0 Å². The van der Waals surface area contributed by atoms with E-state index in [1.54, 1.807) is 11.6 Å². The van der Waals surface area contributed by atoms with Crippen LogP contribution in [0, 0.1) is 17.5 Å². The van der Waals surface area contributed by atoms with Gasteiger partial charge in [-0.15, -0.1) is 0 Å². The van der Waals surface area contributed by atoms with Crippen LogP contribution in [0.5, 0.6) is 0 Å². The molecule has 96 valence electrons. The van der Waals surface area contributed by atoms with Crippen LogP contribution in [0.15, 0.2) is 24.8 Å². The molecule has 18 heavy (non-hydrogen) atoms. The van der Waals surface area contributed by atoms with Crippen molar-refractivity contribution in [2.75, 3.05) is 0 Å². The zero-order valence-corrected chi connectivity index (χ0v) is 9.78. The monoisotopic (exact) mass is 255 g/mol. The van der Waals surface area contributed by atoms with Gasteiger partial charge in [0.2, 0.25) is 0 Å². The molecule has 2 aromatic rings. The van der Waals surface area contributed by atoms with Crippen molar-refractivity contribution < 1.29 is 13.2 Å². The van der Waals surface area contributed by atoms with E-state index in [0.717, 1.165) is 0 Å². The highest BCUT2D eigenvalue weighted by Gasteiger charge is 2.17. The van der Waals surface area contributed by atoms with E-state index in [1.165, 1.54) is 12.7 Å². The molecule has 0 amide bonds. The fourth-order valence-electron chi connectivity index (χ4n) is 1.84. The van der Waals surface area contributed by atoms with Gasteiger partial charge in [0.25, 0.3) is 0 Å². The van der Waals surface area contributed by atoms with Gasteiger partial charge in [-0.1, -0.05) is 6.92 Å². The van der Waals surface area contributed by atoms with Crippen LogP contribution in [0.4, 0.5) is 13.2 Å². The Balaban J connectivity index is 2.11. The molecule has 0 aliphatic heterocycles. The fraction of sp³-hybridized carbons (Fsp3) is 0.333. The summed E-state index contributed by atoms with van der Waals surface area (Å²) in [6.45, 7) is 2.19. The van der Waals surface area contributed by atoms with Crippen molar-refractivity contribution in [3.63, 3.8) is 0 Å². The molecule has 6 heteroatoms. The van der Waals surface area contributed by atoms with E-state index in [4.69, 9.17) is 0 Å². The average molecular weight is 255 g/mol. The smallest absolute Gasteiger partial charge is 0.137 e. The molecule has 1 heterocycles. The number of hydrogen-bond acceptors (Lipinski definition) is 2. The SMILES string of the molecule is CC(CCn1cncn1)c1c(F)cc(F)cc1F. The largest absolute Gasteiger partial charge is 0.253 e. The summed E-state index contributed by atoms with van der Waals surface area (Å²) in [5.41, 5.74) is -0.0866. The third-order valence-electron chi connectivity index (χ3n) is 2.79. The molecular formula is C12H12F3N3. The predicted octanol–water partition coefficient (Wildman–Crippen LogP) is 2.89. The van der Waals surface area contributed by atoms with Crippen LogP contribution in [0.25, 0.3) is 0 Å². The Morgan fingerprint density at radius 1 is 1.22 bits per heavy atom. The average Bonchev–Trinajstić information content (AvgIpc) is 2.77. The van der Waals surface area contributed by atoms with Crippen molar-refractivity contribution in [3.8, 4) is 0 Å². The third kappa shape index (κ3) is 2.69. The Bertz CT molecular complexity index is 502. The van der Waals surface area contributed by atoms with Crippen LogP contribution in [-0.2, 0) is 6.54 Å². The molecule has 0 bridgehead atoms. The highest BCUT2D eigenvalue weighted by molar-refractivity contribution is 5.24. The fourth-order valence-corrected chi connectivity index (χ4v) is 1.84. The molecule has 0 aliphatic rings. The topological polar surface area (TPSA) is 30.7 Å². The lowest BCUT2D eigenvalue weighted by atomic mass is 9.96. The van der Waals surface area contributed by atoms with E-state index in [2.05, 4.69) is 10.1 Å². The van der Waals surface area contributed by atoms with Crippen LogP contribution in [0.3, 0.4) is 0 Å². The molecule has 0 N–H and O–H groups in total.